The molecule has 0 aliphatic heterocycles. The summed E-state index contributed by atoms with van der Waals surface area (Å²) in [6.07, 6.45) is 4.66. The number of carbonyl (C=O) groups is 1. The SMILES string of the molecule is CC(C)(C)OC(=O)NC1CCC(Nc2nccc(-c3ccc(-c4ccccc4)cc3Oc3ccc(N)cc3F)n2)CC1. The molecule has 8 nitrogen and oxygen atoms in total. The lowest BCUT2D eigenvalue weighted by Crippen LogP contribution is -2.42. The van der Waals surface area contributed by atoms with Gasteiger partial charge in [-0.1, -0.05) is 36.4 Å². The third-order valence-corrected chi connectivity index (χ3v) is 6.98. The van der Waals surface area contributed by atoms with Gasteiger partial charge in [-0.15, -0.1) is 0 Å². The van der Waals surface area contributed by atoms with Crippen LogP contribution in [-0.2, 0) is 4.74 Å². The van der Waals surface area contributed by atoms with Crippen molar-refractivity contribution in [2.45, 2.75) is 64.1 Å². The number of ether oxygens (including phenoxy) is 2. The van der Waals surface area contributed by atoms with Gasteiger partial charge in [0, 0.05) is 35.6 Å². The van der Waals surface area contributed by atoms with Gasteiger partial charge >= 0.3 is 6.09 Å². The van der Waals surface area contributed by atoms with E-state index in [0.717, 1.165) is 36.8 Å². The monoisotopic (exact) mass is 569 g/mol. The van der Waals surface area contributed by atoms with Gasteiger partial charge in [0.15, 0.2) is 11.6 Å². The lowest BCUT2D eigenvalue weighted by Gasteiger charge is -2.30. The van der Waals surface area contributed by atoms with Crippen LogP contribution in [0.25, 0.3) is 22.4 Å². The molecule has 9 heteroatoms. The predicted molar refractivity (Wildman–Crippen MR) is 163 cm³/mol. The highest BCUT2D eigenvalue weighted by Crippen LogP contribution is 2.37. The second kappa shape index (κ2) is 12.5. The molecule has 1 fully saturated rings. The largest absolute Gasteiger partial charge is 0.454 e. The summed E-state index contributed by atoms with van der Waals surface area (Å²) < 4.78 is 26.2. The normalized spacial score (nSPS) is 16.9. The molecule has 0 radical (unpaired) electrons. The van der Waals surface area contributed by atoms with Gasteiger partial charge in [0.2, 0.25) is 5.95 Å². The molecule has 218 valence electrons. The number of aromatic nitrogens is 2. The van der Waals surface area contributed by atoms with Crippen molar-refractivity contribution in [2.75, 3.05) is 11.1 Å². The fourth-order valence-electron chi connectivity index (χ4n) is 4.96. The number of anilines is 2. The van der Waals surface area contributed by atoms with Crippen LogP contribution in [0.1, 0.15) is 46.5 Å². The molecule has 42 heavy (non-hydrogen) atoms. The van der Waals surface area contributed by atoms with E-state index < -0.39 is 11.4 Å². The molecule has 1 saturated carbocycles. The number of rotatable bonds is 7. The number of nitrogens with one attached hydrogen (secondary N) is 2. The van der Waals surface area contributed by atoms with Crippen molar-refractivity contribution in [1.29, 1.82) is 0 Å². The number of hydrogen-bond donors (Lipinski definition) is 3. The Labute approximate surface area is 245 Å². The van der Waals surface area contributed by atoms with Crippen molar-refractivity contribution in [2.24, 2.45) is 0 Å². The summed E-state index contributed by atoms with van der Waals surface area (Å²) >= 11 is 0. The molecule has 4 N–H and O–H groups in total. The number of nitrogens with zero attached hydrogens (tertiary/aromatic N) is 2. The van der Waals surface area contributed by atoms with E-state index in [2.05, 4.69) is 15.6 Å². The Morgan fingerprint density at radius 3 is 2.36 bits per heavy atom. The smallest absolute Gasteiger partial charge is 0.407 e. The van der Waals surface area contributed by atoms with Crippen LogP contribution in [0.5, 0.6) is 11.5 Å². The van der Waals surface area contributed by atoms with Gasteiger partial charge in [0.1, 0.15) is 11.4 Å². The van der Waals surface area contributed by atoms with Crippen molar-refractivity contribution >= 4 is 17.7 Å². The molecule has 0 unspecified atom stereocenters. The second-order valence-electron chi connectivity index (χ2n) is 11.5. The van der Waals surface area contributed by atoms with E-state index in [4.69, 9.17) is 20.2 Å². The van der Waals surface area contributed by atoms with Crippen LogP contribution in [0.3, 0.4) is 0 Å². The zero-order valence-electron chi connectivity index (χ0n) is 24.1. The van der Waals surface area contributed by atoms with Gasteiger partial charge in [-0.05, 0) is 87.9 Å². The fraction of sp³-hybridized carbons (Fsp3) is 0.303. The topological polar surface area (TPSA) is 111 Å². The molecule has 1 aliphatic rings. The molecule has 1 amide bonds. The maximum atomic E-state index is 14.7. The van der Waals surface area contributed by atoms with Gasteiger partial charge in [0.05, 0.1) is 5.69 Å². The first-order chi connectivity index (χ1) is 20.1. The molecular weight excluding hydrogens is 533 g/mol. The lowest BCUT2D eigenvalue weighted by atomic mass is 9.91. The first kappa shape index (κ1) is 28.9. The average molecular weight is 570 g/mol. The minimum absolute atomic E-state index is 0.0693. The summed E-state index contributed by atoms with van der Waals surface area (Å²) in [5, 5.41) is 6.42. The van der Waals surface area contributed by atoms with Crippen LogP contribution in [0.15, 0.2) is 79.0 Å². The summed E-state index contributed by atoms with van der Waals surface area (Å²) in [5.74, 6) is 0.471. The van der Waals surface area contributed by atoms with E-state index >= 15 is 0 Å². The molecule has 0 saturated heterocycles. The van der Waals surface area contributed by atoms with Crippen molar-refractivity contribution < 1.29 is 18.7 Å². The summed E-state index contributed by atoms with van der Waals surface area (Å²) in [6.45, 7) is 5.55. The molecule has 1 aromatic heterocycles. The summed E-state index contributed by atoms with van der Waals surface area (Å²) in [4.78, 5) is 21.4. The minimum atomic E-state index is -0.548. The minimum Gasteiger partial charge on any atom is -0.454 e. The number of halogens is 1. The van der Waals surface area contributed by atoms with Crippen LogP contribution in [-0.4, -0.2) is 33.7 Å². The average Bonchev–Trinajstić information content (AvgIpc) is 2.95. The highest BCUT2D eigenvalue weighted by Gasteiger charge is 2.25. The molecule has 1 aliphatic carbocycles. The summed E-state index contributed by atoms with van der Waals surface area (Å²) in [6, 6.07) is 22.1. The van der Waals surface area contributed by atoms with Gasteiger partial charge in [0.25, 0.3) is 0 Å². The summed E-state index contributed by atoms with van der Waals surface area (Å²) in [7, 11) is 0. The maximum absolute atomic E-state index is 14.7. The Balaban J connectivity index is 1.33. The Bertz CT molecular complexity index is 1530. The molecule has 0 atom stereocenters. The Morgan fingerprint density at radius 1 is 0.905 bits per heavy atom. The third-order valence-electron chi connectivity index (χ3n) is 6.98. The Hall–Kier alpha value is -4.66. The number of nitrogens with two attached hydrogens (primary N) is 1. The fourth-order valence-corrected chi connectivity index (χ4v) is 4.96. The molecule has 0 spiro atoms. The zero-order chi connectivity index (χ0) is 29.7. The number of benzene rings is 3. The van der Waals surface area contributed by atoms with Crippen molar-refractivity contribution in [1.82, 2.24) is 15.3 Å². The van der Waals surface area contributed by atoms with Crippen LogP contribution >= 0.6 is 0 Å². The molecular formula is C33H36FN5O3. The first-order valence-corrected chi connectivity index (χ1v) is 14.1. The standard InChI is InChI=1S/C33H36FN5O3/c1-33(2,3)42-32(40)38-25-13-11-24(12-14-25)37-31-36-18-17-28(39-31)26-15-9-22(21-7-5-4-6-8-21)19-30(26)41-29-16-10-23(35)20-27(29)34/h4-10,15-20,24-25H,11-14,35H2,1-3H3,(H,38,40)(H,36,37,39). The van der Waals surface area contributed by atoms with Crippen LogP contribution in [0, 0.1) is 5.82 Å². The molecule has 4 aromatic rings. The van der Waals surface area contributed by atoms with Crippen LogP contribution in [0.4, 0.5) is 20.8 Å². The number of alkyl carbamates (subject to hydrolysis) is 1. The van der Waals surface area contributed by atoms with Crippen LogP contribution in [0.2, 0.25) is 0 Å². The number of nitrogen functional groups attached to an aromatic ring is 1. The van der Waals surface area contributed by atoms with E-state index in [1.165, 1.54) is 12.1 Å². The molecule has 1 heterocycles. The van der Waals surface area contributed by atoms with E-state index in [0.29, 0.717) is 28.6 Å². The zero-order valence-corrected chi connectivity index (χ0v) is 24.1. The van der Waals surface area contributed by atoms with Gasteiger partial charge in [-0.2, -0.15) is 0 Å². The lowest BCUT2D eigenvalue weighted by molar-refractivity contribution is 0.0492. The van der Waals surface area contributed by atoms with Crippen molar-refractivity contribution in [3.63, 3.8) is 0 Å². The maximum Gasteiger partial charge on any atom is 0.407 e. The number of carbonyl (C=O) groups excluding carboxylic acids is 1. The van der Waals surface area contributed by atoms with E-state index in [9.17, 15) is 9.18 Å². The van der Waals surface area contributed by atoms with Gasteiger partial charge < -0.3 is 25.8 Å². The second-order valence-corrected chi connectivity index (χ2v) is 11.5. The van der Waals surface area contributed by atoms with Crippen LogP contribution < -0.4 is 21.1 Å². The molecule has 0 bridgehead atoms. The van der Waals surface area contributed by atoms with E-state index in [-0.39, 0.29) is 23.9 Å². The highest BCUT2D eigenvalue weighted by molar-refractivity contribution is 5.75. The van der Waals surface area contributed by atoms with Gasteiger partial charge in [-0.25, -0.2) is 19.2 Å². The molecule has 3 aromatic carbocycles. The van der Waals surface area contributed by atoms with Crippen molar-refractivity contribution in [3.05, 3.63) is 84.8 Å². The number of amides is 1. The van der Waals surface area contributed by atoms with E-state index in [1.54, 1.807) is 18.3 Å². The quantitative estimate of drug-likeness (QED) is 0.197. The summed E-state index contributed by atoms with van der Waals surface area (Å²) in [5.41, 5.74) is 8.80. The Morgan fingerprint density at radius 2 is 1.64 bits per heavy atom. The predicted octanol–water partition coefficient (Wildman–Crippen LogP) is 7.57. The Kier molecular flexibility index (Phi) is 8.56. The third kappa shape index (κ3) is 7.54. The molecule has 5 rings (SSSR count). The number of hydrogen-bond acceptors (Lipinski definition) is 7. The van der Waals surface area contributed by atoms with Crippen molar-refractivity contribution in [3.8, 4) is 33.9 Å². The van der Waals surface area contributed by atoms with Gasteiger partial charge in [-0.3, -0.25) is 0 Å². The first-order valence-electron chi connectivity index (χ1n) is 14.1. The van der Waals surface area contributed by atoms with E-state index in [1.807, 2.05) is 69.3 Å². The highest BCUT2D eigenvalue weighted by atomic mass is 19.1.